The number of carbonyl (C=O) groups is 1. The molecule has 0 aliphatic carbocycles. The second-order valence-electron chi connectivity index (χ2n) is 5.38. The zero-order valence-electron chi connectivity index (χ0n) is 12.1. The van der Waals surface area contributed by atoms with Gasteiger partial charge in [-0.15, -0.1) is 21.5 Å². The van der Waals surface area contributed by atoms with Gasteiger partial charge < -0.3 is 4.90 Å². The summed E-state index contributed by atoms with van der Waals surface area (Å²) in [4.78, 5) is 14.1. The molecule has 22 heavy (non-hydrogen) atoms. The Morgan fingerprint density at radius 2 is 2.14 bits per heavy atom. The fourth-order valence-corrected chi connectivity index (χ4v) is 3.48. The van der Waals surface area contributed by atoms with Crippen molar-refractivity contribution in [2.75, 3.05) is 13.1 Å². The maximum Gasteiger partial charge on any atom is 0.253 e. The third kappa shape index (κ3) is 2.99. The van der Waals surface area contributed by atoms with Crippen LogP contribution in [0.15, 0.2) is 18.2 Å². The Balaban J connectivity index is 1.76. The van der Waals surface area contributed by atoms with Gasteiger partial charge in [0.2, 0.25) is 0 Å². The zero-order valence-corrected chi connectivity index (χ0v) is 12.9. The molecule has 1 amide bonds. The molecule has 1 aromatic heterocycles. The predicted octanol–water partition coefficient (Wildman–Crippen LogP) is 3.14. The first kappa shape index (κ1) is 15.0. The first-order chi connectivity index (χ1) is 10.5. The number of likely N-dealkylation sites (tertiary alicyclic amines) is 1. The monoisotopic (exact) mass is 323 g/mol. The van der Waals surface area contributed by atoms with E-state index >= 15 is 0 Å². The van der Waals surface area contributed by atoms with Crippen molar-refractivity contribution < 1.29 is 13.6 Å². The molecule has 3 rings (SSSR count). The lowest BCUT2D eigenvalue weighted by Crippen LogP contribution is -2.39. The minimum atomic E-state index is -1.00. The summed E-state index contributed by atoms with van der Waals surface area (Å²) >= 11 is 1.54. The smallest absolute Gasteiger partial charge is 0.253 e. The SMILES string of the molecule is Cc1nnc([C@@H]2CCCN(C(=O)c3ccc(F)c(F)c3)C2)s1. The van der Waals surface area contributed by atoms with Crippen molar-refractivity contribution in [3.63, 3.8) is 0 Å². The molecule has 0 spiro atoms. The summed E-state index contributed by atoms with van der Waals surface area (Å²) in [5, 5.41) is 10.0. The number of carbonyl (C=O) groups excluding carboxylic acids is 1. The maximum atomic E-state index is 13.3. The molecule has 0 N–H and O–H groups in total. The van der Waals surface area contributed by atoms with Crippen molar-refractivity contribution in [3.8, 4) is 0 Å². The summed E-state index contributed by atoms with van der Waals surface area (Å²) in [5.74, 6) is -2.06. The summed E-state index contributed by atoms with van der Waals surface area (Å²) in [6.45, 7) is 3.05. The minimum absolute atomic E-state index is 0.161. The number of benzene rings is 1. The van der Waals surface area contributed by atoms with Gasteiger partial charge >= 0.3 is 0 Å². The quantitative estimate of drug-likeness (QED) is 0.853. The normalized spacial score (nSPS) is 18.5. The number of aromatic nitrogens is 2. The molecule has 0 unspecified atom stereocenters. The Morgan fingerprint density at radius 3 is 2.82 bits per heavy atom. The van der Waals surface area contributed by atoms with Crippen LogP contribution in [0.5, 0.6) is 0 Å². The number of rotatable bonds is 2. The van der Waals surface area contributed by atoms with Crippen molar-refractivity contribution in [1.82, 2.24) is 15.1 Å². The largest absolute Gasteiger partial charge is 0.338 e. The number of piperidine rings is 1. The van der Waals surface area contributed by atoms with Crippen LogP contribution in [0, 0.1) is 18.6 Å². The van der Waals surface area contributed by atoms with Crippen LogP contribution in [0.3, 0.4) is 0 Å². The molecule has 0 saturated carbocycles. The Hall–Kier alpha value is -1.89. The molecule has 1 saturated heterocycles. The molecule has 1 fully saturated rings. The summed E-state index contributed by atoms with van der Waals surface area (Å²) in [5.41, 5.74) is 0.174. The highest BCUT2D eigenvalue weighted by molar-refractivity contribution is 7.11. The van der Waals surface area contributed by atoms with E-state index in [0.717, 1.165) is 35.0 Å². The lowest BCUT2D eigenvalue weighted by atomic mass is 9.98. The molecule has 1 atom stereocenters. The molecular weight excluding hydrogens is 308 g/mol. The number of hydrogen-bond acceptors (Lipinski definition) is 4. The van der Waals surface area contributed by atoms with Crippen LogP contribution in [0.1, 0.15) is 39.1 Å². The fourth-order valence-electron chi connectivity index (χ4n) is 2.65. The molecule has 4 nitrogen and oxygen atoms in total. The van der Waals surface area contributed by atoms with Gasteiger partial charge in [-0.2, -0.15) is 0 Å². The van der Waals surface area contributed by atoms with Gasteiger partial charge in [0, 0.05) is 24.6 Å². The van der Waals surface area contributed by atoms with Gasteiger partial charge in [-0.05, 0) is 38.0 Å². The van der Waals surface area contributed by atoms with Gasteiger partial charge in [0.1, 0.15) is 10.0 Å². The third-order valence-corrected chi connectivity index (χ3v) is 4.77. The standard InChI is InChI=1S/C15H15F2N3OS/c1-9-18-19-14(22-9)11-3-2-6-20(8-11)15(21)10-4-5-12(16)13(17)7-10/h4-5,7,11H,2-3,6,8H2,1H3/t11-/m1/s1. The van der Waals surface area contributed by atoms with Crippen LogP contribution in [0.25, 0.3) is 0 Å². The topological polar surface area (TPSA) is 46.1 Å². The highest BCUT2D eigenvalue weighted by atomic mass is 32.1. The molecule has 1 aromatic carbocycles. The number of hydrogen-bond donors (Lipinski definition) is 0. The number of nitrogens with zero attached hydrogens (tertiary/aromatic N) is 3. The Morgan fingerprint density at radius 1 is 1.32 bits per heavy atom. The van der Waals surface area contributed by atoms with E-state index in [2.05, 4.69) is 10.2 Å². The van der Waals surface area contributed by atoms with Crippen LogP contribution in [-0.4, -0.2) is 34.1 Å². The number of amides is 1. The van der Waals surface area contributed by atoms with E-state index in [4.69, 9.17) is 0 Å². The van der Waals surface area contributed by atoms with Crippen molar-refractivity contribution in [1.29, 1.82) is 0 Å². The Kier molecular flexibility index (Phi) is 4.15. The molecule has 0 radical (unpaired) electrons. The zero-order chi connectivity index (χ0) is 15.7. The van der Waals surface area contributed by atoms with Crippen molar-refractivity contribution >= 4 is 17.2 Å². The van der Waals surface area contributed by atoms with E-state index in [1.54, 1.807) is 4.90 Å². The maximum absolute atomic E-state index is 13.3. The molecule has 2 aromatic rings. The van der Waals surface area contributed by atoms with Crippen LogP contribution >= 0.6 is 11.3 Å². The van der Waals surface area contributed by atoms with Gasteiger partial charge in [-0.3, -0.25) is 4.79 Å². The first-order valence-electron chi connectivity index (χ1n) is 7.09. The van der Waals surface area contributed by atoms with E-state index in [0.29, 0.717) is 13.1 Å². The fraction of sp³-hybridized carbons (Fsp3) is 0.400. The summed E-state index contributed by atoms with van der Waals surface area (Å²) in [6, 6.07) is 3.26. The van der Waals surface area contributed by atoms with Gasteiger partial charge in [0.15, 0.2) is 11.6 Å². The predicted molar refractivity (Wildman–Crippen MR) is 78.9 cm³/mol. The van der Waals surface area contributed by atoms with E-state index < -0.39 is 11.6 Å². The highest BCUT2D eigenvalue weighted by Crippen LogP contribution is 2.29. The second kappa shape index (κ2) is 6.08. The van der Waals surface area contributed by atoms with Crippen molar-refractivity contribution in [2.24, 2.45) is 0 Å². The van der Waals surface area contributed by atoms with Gasteiger partial charge in [0.25, 0.3) is 5.91 Å². The average molecular weight is 323 g/mol. The molecule has 2 heterocycles. The average Bonchev–Trinajstić information content (AvgIpc) is 2.96. The van der Waals surface area contributed by atoms with E-state index in [1.165, 1.54) is 17.4 Å². The van der Waals surface area contributed by atoms with Gasteiger partial charge in [0.05, 0.1) is 0 Å². The van der Waals surface area contributed by atoms with Crippen LogP contribution in [0.4, 0.5) is 8.78 Å². The van der Waals surface area contributed by atoms with E-state index in [-0.39, 0.29) is 17.4 Å². The van der Waals surface area contributed by atoms with E-state index in [1.807, 2.05) is 6.92 Å². The summed E-state index contributed by atoms with van der Waals surface area (Å²) in [7, 11) is 0. The third-order valence-electron chi connectivity index (χ3n) is 3.77. The van der Waals surface area contributed by atoms with Gasteiger partial charge in [-0.1, -0.05) is 0 Å². The Bertz CT molecular complexity index is 704. The molecule has 7 heteroatoms. The highest BCUT2D eigenvalue weighted by Gasteiger charge is 2.27. The molecule has 116 valence electrons. The number of halogens is 2. The lowest BCUT2D eigenvalue weighted by molar-refractivity contribution is 0.0706. The van der Waals surface area contributed by atoms with E-state index in [9.17, 15) is 13.6 Å². The number of aryl methyl sites for hydroxylation is 1. The van der Waals surface area contributed by atoms with Crippen LogP contribution in [-0.2, 0) is 0 Å². The van der Waals surface area contributed by atoms with Gasteiger partial charge in [-0.25, -0.2) is 8.78 Å². The molecular formula is C15H15F2N3OS. The molecule has 1 aliphatic heterocycles. The summed E-state index contributed by atoms with van der Waals surface area (Å²) in [6.07, 6.45) is 1.81. The molecule has 1 aliphatic rings. The summed E-state index contributed by atoms with van der Waals surface area (Å²) < 4.78 is 26.3. The van der Waals surface area contributed by atoms with Crippen molar-refractivity contribution in [2.45, 2.75) is 25.7 Å². The minimum Gasteiger partial charge on any atom is -0.338 e. The molecule has 0 bridgehead atoms. The Labute approximate surface area is 130 Å². The lowest BCUT2D eigenvalue weighted by Gasteiger charge is -2.31. The second-order valence-corrected chi connectivity index (χ2v) is 6.59. The first-order valence-corrected chi connectivity index (χ1v) is 7.90. The van der Waals surface area contributed by atoms with Crippen molar-refractivity contribution in [3.05, 3.63) is 45.4 Å². The van der Waals surface area contributed by atoms with Crippen LogP contribution in [0.2, 0.25) is 0 Å². The van der Waals surface area contributed by atoms with Crippen LogP contribution < -0.4 is 0 Å².